The first-order chi connectivity index (χ1) is 7.58. The SMILES string of the molecule is Nc1ccc(-c2cc(F)ccc2Cl)c(F)c1. The van der Waals surface area contributed by atoms with Gasteiger partial charge in [-0.05, 0) is 36.4 Å². The van der Waals surface area contributed by atoms with Crippen LogP contribution in [0.2, 0.25) is 5.02 Å². The third kappa shape index (κ3) is 1.99. The van der Waals surface area contributed by atoms with Crippen LogP contribution in [0.5, 0.6) is 0 Å². The highest BCUT2D eigenvalue weighted by atomic mass is 35.5. The quantitative estimate of drug-likeness (QED) is 0.751. The Morgan fingerprint density at radius 3 is 2.38 bits per heavy atom. The van der Waals surface area contributed by atoms with E-state index in [4.69, 9.17) is 17.3 Å². The molecule has 4 heteroatoms. The Kier molecular flexibility index (Phi) is 2.79. The maximum atomic E-state index is 13.6. The molecule has 0 radical (unpaired) electrons. The summed E-state index contributed by atoms with van der Waals surface area (Å²) in [6.07, 6.45) is 0. The number of hydrogen-bond acceptors (Lipinski definition) is 1. The molecule has 16 heavy (non-hydrogen) atoms. The largest absolute Gasteiger partial charge is 0.399 e. The summed E-state index contributed by atoms with van der Waals surface area (Å²) in [5, 5.41) is 0.296. The van der Waals surface area contributed by atoms with E-state index in [1.165, 1.54) is 30.3 Å². The second-order valence-electron chi connectivity index (χ2n) is 3.36. The first-order valence-corrected chi connectivity index (χ1v) is 4.96. The fourth-order valence-electron chi connectivity index (χ4n) is 1.45. The molecule has 0 aliphatic carbocycles. The molecule has 0 saturated carbocycles. The number of halogens is 3. The molecule has 0 aromatic heterocycles. The molecule has 0 amide bonds. The molecular formula is C12H8ClF2N. The van der Waals surface area contributed by atoms with Gasteiger partial charge in [-0.15, -0.1) is 0 Å². The Hall–Kier alpha value is -1.61. The lowest BCUT2D eigenvalue weighted by Gasteiger charge is -2.06. The maximum Gasteiger partial charge on any atom is 0.133 e. The number of nitrogens with two attached hydrogens (primary N) is 1. The van der Waals surface area contributed by atoms with Crippen LogP contribution in [0.4, 0.5) is 14.5 Å². The lowest BCUT2D eigenvalue weighted by atomic mass is 10.0. The molecule has 0 bridgehead atoms. The first-order valence-electron chi connectivity index (χ1n) is 4.58. The van der Waals surface area contributed by atoms with Crippen LogP contribution in [0.25, 0.3) is 11.1 Å². The number of hydrogen-bond donors (Lipinski definition) is 1. The average molecular weight is 240 g/mol. The molecule has 0 spiro atoms. The molecular weight excluding hydrogens is 232 g/mol. The van der Waals surface area contributed by atoms with Gasteiger partial charge in [0.25, 0.3) is 0 Å². The zero-order valence-electron chi connectivity index (χ0n) is 8.18. The van der Waals surface area contributed by atoms with E-state index in [1.54, 1.807) is 6.07 Å². The minimum atomic E-state index is -0.521. The Balaban J connectivity index is 2.62. The summed E-state index contributed by atoms with van der Waals surface area (Å²) in [7, 11) is 0. The topological polar surface area (TPSA) is 26.0 Å². The van der Waals surface area contributed by atoms with E-state index in [9.17, 15) is 8.78 Å². The Labute approximate surface area is 96.5 Å². The van der Waals surface area contributed by atoms with Crippen molar-refractivity contribution in [1.29, 1.82) is 0 Å². The maximum absolute atomic E-state index is 13.6. The molecule has 2 aromatic rings. The van der Waals surface area contributed by atoms with Crippen LogP contribution in [0.3, 0.4) is 0 Å². The summed E-state index contributed by atoms with van der Waals surface area (Å²) in [5.74, 6) is -0.983. The molecule has 2 aromatic carbocycles. The third-order valence-electron chi connectivity index (χ3n) is 2.21. The van der Waals surface area contributed by atoms with Crippen LogP contribution in [-0.4, -0.2) is 0 Å². The molecule has 0 fully saturated rings. The van der Waals surface area contributed by atoms with Gasteiger partial charge in [-0.3, -0.25) is 0 Å². The van der Waals surface area contributed by atoms with Crippen molar-refractivity contribution in [2.45, 2.75) is 0 Å². The molecule has 0 atom stereocenters. The van der Waals surface area contributed by atoms with Gasteiger partial charge in [0.1, 0.15) is 11.6 Å². The fraction of sp³-hybridized carbons (Fsp3) is 0. The van der Waals surface area contributed by atoms with Gasteiger partial charge in [-0.1, -0.05) is 11.6 Å². The zero-order chi connectivity index (χ0) is 11.7. The lowest BCUT2D eigenvalue weighted by Crippen LogP contribution is -1.90. The summed E-state index contributed by atoms with van der Waals surface area (Å²) in [5.41, 5.74) is 6.29. The molecule has 0 heterocycles. The van der Waals surface area contributed by atoms with E-state index < -0.39 is 11.6 Å². The van der Waals surface area contributed by atoms with Gasteiger partial charge in [0.15, 0.2) is 0 Å². The molecule has 0 aliphatic heterocycles. The van der Waals surface area contributed by atoms with Crippen LogP contribution in [0, 0.1) is 11.6 Å². The summed E-state index contributed by atoms with van der Waals surface area (Å²) >= 11 is 5.88. The van der Waals surface area contributed by atoms with E-state index in [-0.39, 0.29) is 5.56 Å². The second kappa shape index (κ2) is 4.10. The minimum absolute atomic E-state index is 0.235. The van der Waals surface area contributed by atoms with Crippen molar-refractivity contribution in [3.8, 4) is 11.1 Å². The summed E-state index contributed by atoms with van der Waals surface area (Å²) in [6.45, 7) is 0. The van der Waals surface area contributed by atoms with Crippen LogP contribution in [-0.2, 0) is 0 Å². The molecule has 2 rings (SSSR count). The van der Waals surface area contributed by atoms with Crippen molar-refractivity contribution >= 4 is 17.3 Å². The Morgan fingerprint density at radius 2 is 1.69 bits per heavy atom. The number of rotatable bonds is 1. The highest BCUT2D eigenvalue weighted by Gasteiger charge is 2.10. The first kappa shape index (κ1) is 10.9. The lowest BCUT2D eigenvalue weighted by molar-refractivity contribution is 0.625. The minimum Gasteiger partial charge on any atom is -0.399 e. The van der Waals surface area contributed by atoms with Crippen molar-refractivity contribution in [1.82, 2.24) is 0 Å². The van der Waals surface area contributed by atoms with E-state index in [0.717, 1.165) is 0 Å². The van der Waals surface area contributed by atoms with Gasteiger partial charge in [0.05, 0.1) is 0 Å². The summed E-state index contributed by atoms with van der Waals surface area (Å²) in [4.78, 5) is 0. The van der Waals surface area contributed by atoms with Gasteiger partial charge in [0, 0.05) is 21.8 Å². The van der Waals surface area contributed by atoms with Crippen LogP contribution < -0.4 is 5.73 Å². The molecule has 82 valence electrons. The smallest absolute Gasteiger partial charge is 0.133 e. The van der Waals surface area contributed by atoms with E-state index in [1.807, 2.05) is 0 Å². The monoisotopic (exact) mass is 239 g/mol. The van der Waals surface area contributed by atoms with Gasteiger partial charge < -0.3 is 5.73 Å². The number of benzene rings is 2. The number of nitrogen functional groups attached to an aromatic ring is 1. The fourth-order valence-corrected chi connectivity index (χ4v) is 1.67. The summed E-state index contributed by atoms with van der Waals surface area (Å²) < 4.78 is 26.6. The highest BCUT2D eigenvalue weighted by molar-refractivity contribution is 6.33. The van der Waals surface area contributed by atoms with E-state index in [2.05, 4.69) is 0 Å². The van der Waals surface area contributed by atoms with Crippen LogP contribution >= 0.6 is 11.6 Å². The normalized spacial score (nSPS) is 10.4. The molecule has 0 unspecified atom stereocenters. The van der Waals surface area contributed by atoms with Gasteiger partial charge in [-0.2, -0.15) is 0 Å². The zero-order valence-corrected chi connectivity index (χ0v) is 8.93. The van der Waals surface area contributed by atoms with Crippen molar-refractivity contribution in [3.05, 3.63) is 53.1 Å². The molecule has 0 aliphatic rings. The number of anilines is 1. The van der Waals surface area contributed by atoms with Gasteiger partial charge >= 0.3 is 0 Å². The van der Waals surface area contributed by atoms with Crippen molar-refractivity contribution in [3.63, 3.8) is 0 Å². The second-order valence-corrected chi connectivity index (χ2v) is 3.77. The molecule has 0 saturated heterocycles. The predicted molar refractivity (Wildman–Crippen MR) is 61.2 cm³/mol. The van der Waals surface area contributed by atoms with E-state index >= 15 is 0 Å². The summed E-state index contributed by atoms with van der Waals surface area (Å²) in [6, 6.07) is 8.00. The Morgan fingerprint density at radius 1 is 0.938 bits per heavy atom. The molecule has 1 nitrogen and oxygen atoms in total. The van der Waals surface area contributed by atoms with Gasteiger partial charge in [-0.25, -0.2) is 8.78 Å². The highest BCUT2D eigenvalue weighted by Crippen LogP contribution is 2.31. The standard InChI is InChI=1S/C12H8ClF2N/c13-11-4-1-7(14)5-10(11)9-3-2-8(16)6-12(9)15/h1-6H,16H2. The van der Waals surface area contributed by atoms with Gasteiger partial charge in [0.2, 0.25) is 0 Å². The van der Waals surface area contributed by atoms with Crippen LogP contribution in [0.15, 0.2) is 36.4 Å². The molecule has 2 N–H and O–H groups in total. The van der Waals surface area contributed by atoms with E-state index in [0.29, 0.717) is 16.3 Å². The van der Waals surface area contributed by atoms with Crippen molar-refractivity contribution in [2.24, 2.45) is 0 Å². The van der Waals surface area contributed by atoms with Crippen LogP contribution in [0.1, 0.15) is 0 Å². The van der Waals surface area contributed by atoms with Crippen molar-refractivity contribution in [2.75, 3.05) is 5.73 Å². The Bertz CT molecular complexity index is 541. The predicted octanol–water partition coefficient (Wildman–Crippen LogP) is 3.87. The average Bonchev–Trinajstić information content (AvgIpc) is 2.22. The van der Waals surface area contributed by atoms with Crippen molar-refractivity contribution < 1.29 is 8.78 Å². The third-order valence-corrected chi connectivity index (χ3v) is 2.54.